The molecular formula is C39H51FO5. The number of hydrogen-bond donors (Lipinski definition) is 0. The molecule has 5 nitrogen and oxygen atoms in total. The van der Waals surface area contributed by atoms with Crippen LogP contribution in [0.3, 0.4) is 0 Å². The summed E-state index contributed by atoms with van der Waals surface area (Å²) in [4.78, 5) is 25.6. The fraction of sp³-hybridized carbons (Fsp3) is 0.487. The van der Waals surface area contributed by atoms with Crippen molar-refractivity contribution in [3.63, 3.8) is 0 Å². The van der Waals surface area contributed by atoms with Crippen LogP contribution in [-0.4, -0.2) is 24.6 Å². The minimum atomic E-state index is -0.790. The van der Waals surface area contributed by atoms with Crippen LogP contribution in [-0.2, 0) is 4.74 Å². The van der Waals surface area contributed by atoms with Crippen molar-refractivity contribution in [3.8, 4) is 22.6 Å². The number of ether oxygens (including phenoxy) is 3. The van der Waals surface area contributed by atoms with Crippen LogP contribution >= 0.6 is 0 Å². The summed E-state index contributed by atoms with van der Waals surface area (Å²) in [5, 5.41) is 0. The van der Waals surface area contributed by atoms with E-state index in [1.807, 2.05) is 36.4 Å². The van der Waals surface area contributed by atoms with Gasteiger partial charge in [-0.1, -0.05) is 103 Å². The van der Waals surface area contributed by atoms with Crippen LogP contribution in [0.4, 0.5) is 4.39 Å². The summed E-state index contributed by atoms with van der Waals surface area (Å²) in [7, 11) is 0. The molecule has 0 N–H and O–H groups in total. The van der Waals surface area contributed by atoms with Gasteiger partial charge < -0.3 is 14.2 Å². The van der Waals surface area contributed by atoms with Crippen LogP contribution in [0.15, 0.2) is 66.7 Å². The Kier molecular flexibility index (Phi) is 16.2. The molecule has 0 aromatic heterocycles. The van der Waals surface area contributed by atoms with Gasteiger partial charge in [-0.25, -0.2) is 14.0 Å². The molecule has 6 heteroatoms. The molecule has 0 radical (unpaired) electrons. The Balaban J connectivity index is 1.52. The quantitative estimate of drug-likeness (QED) is 0.0675. The van der Waals surface area contributed by atoms with E-state index < -0.39 is 17.8 Å². The van der Waals surface area contributed by atoms with Crippen molar-refractivity contribution in [3.05, 3.63) is 83.7 Å². The summed E-state index contributed by atoms with van der Waals surface area (Å²) in [6.45, 7) is 7.21. The Labute approximate surface area is 269 Å². The molecule has 0 saturated heterocycles. The van der Waals surface area contributed by atoms with Gasteiger partial charge in [-0.3, -0.25) is 0 Å². The third-order valence-corrected chi connectivity index (χ3v) is 7.98. The number of unbranched alkanes of at least 4 members (excludes halogenated alkanes) is 9. The highest BCUT2D eigenvalue weighted by atomic mass is 19.1. The van der Waals surface area contributed by atoms with E-state index in [9.17, 15) is 14.0 Å². The van der Waals surface area contributed by atoms with Crippen molar-refractivity contribution in [2.45, 2.75) is 117 Å². The number of esters is 2. The summed E-state index contributed by atoms with van der Waals surface area (Å²) >= 11 is 0. The number of carbonyl (C=O) groups is 2. The Hall–Kier alpha value is -3.67. The van der Waals surface area contributed by atoms with Crippen molar-refractivity contribution in [1.29, 1.82) is 0 Å². The van der Waals surface area contributed by atoms with Crippen LogP contribution in [0.5, 0.6) is 11.5 Å². The lowest BCUT2D eigenvalue weighted by molar-refractivity contribution is 0.0249. The van der Waals surface area contributed by atoms with Gasteiger partial charge in [-0.05, 0) is 85.7 Å². The molecule has 0 aliphatic carbocycles. The van der Waals surface area contributed by atoms with E-state index in [1.54, 1.807) is 12.1 Å². The smallest absolute Gasteiger partial charge is 0.343 e. The zero-order chi connectivity index (χ0) is 32.3. The topological polar surface area (TPSA) is 61.8 Å². The Morgan fingerprint density at radius 2 is 1.16 bits per heavy atom. The molecule has 0 bridgehead atoms. The Morgan fingerprint density at radius 1 is 0.622 bits per heavy atom. The average molecular weight is 619 g/mol. The first-order chi connectivity index (χ1) is 21.9. The molecule has 0 unspecified atom stereocenters. The van der Waals surface area contributed by atoms with Gasteiger partial charge in [0, 0.05) is 0 Å². The van der Waals surface area contributed by atoms with Gasteiger partial charge in [0.25, 0.3) is 0 Å². The molecule has 0 heterocycles. The molecule has 244 valence electrons. The predicted octanol–water partition coefficient (Wildman–Crippen LogP) is 11.1. The van der Waals surface area contributed by atoms with E-state index >= 15 is 0 Å². The lowest BCUT2D eigenvalue weighted by Gasteiger charge is -2.18. The molecule has 0 saturated carbocycles. The zero-order valence-electron chi connectivity index (χ0n) is 27.5. The monoisotopic (exact) mass is 618 g/mol. The molecule has 3 aromatic rings. The normalized spacial score (nSPS) is 11.0. The summed E-state index contributed by atoms with van der Waals surface area (Å²) in [6, 6.07) is 18.7. The molecule has 3 rings (SSSR count). The van der Waals surface area contributed by atoms with Crippen molar-refractivity contribution in [2.24, 2.45) is 0 Å². The van der Waals surface area contributed by atoms with Gasteiger partial charge in [0.1, 0.15) is 11.9 Å². The number of rotatable bonds is 21. The van der Waals surface area contributed by atoms with E-state index in [0.717, 1.165) is 80.7 Å². The van der Waals surface area contributed by atoms with E-state index in [2.05, 4.69) is 20.8 Å². The number of hydrogen-bond acceptors (Lipinski definition) is 5. The standard InChI is InChI=1S/C39H51FO5/c1-4-7-10-11-12-15-28-43-34-25-22-31(23-26-34)30-18-20-32(21-19-30)38(41)45-37-27-24-33(29-36(37)40)39(42)44-35(16-13-8-5-2)17-14-9-6-3/h18-27,29,35H,4-17,28H2,1-3H3. The second kappa shape index (κ2) is 20.4. The second-order valence-corrected chi connectivity index (χ2v) is 11.8. The SMILES string of the molecule is CCCCCCCCOc1ccc(-c2ccc(C(=O)Oc3ccc(C(=O)OC(CCCCC)CCCCC)cc3F)cc2)cc1. The lowest BCUT2D eigenvalue weighted by Crippen LogP contribution is -2.19. The lowest BCUT2D eigenvalue weighted by atomic mass is 10.0. The van der Waals surface area contributed by atoms with Crippen LogP contribution in [0.25, 0.3) is 11.1 Å². The van der Waals surface area contributed by atoms with E-state index in [-0.39, 0.29) is 17.4 Å². The highest BCUT2D eigenvalue weighted by Crippen LogP contribution is 2.25. The maximum Gasteiger partial charge on any atom is 0.343 e. The summed E-state index contributed by atoms with van der Waals surface area (Å²) in [5.74, 6) is -1.42. The third-order valence-electron chi connectivity index (χ3n) is 7.98. The van der Waals surface area contributed by atoms with Gasteiger partial charge in [-0.15, -0.1) is 0 Å². The van der Waals surface area contributed by atoms with Crippen LogP contribution in [0.2, 0.25) is 0 Å². The van der Waals surface area contributed by atoms with Gasteiger partial charge >= 0.3 is 11.9 Å². The van der Waals surface area contributed by atoms with Gasteiger partial charge in [-0.2, -0.15) is 0 Å². The van der Waals surface area contributed by atoms with Crippen molar-refractivity contribution in [1.82, 2.24) is 0 Å². The number of halogens is 1. The Morgan fingerprint density at radius 3 is 1.76 bits per heavy atom. The fourth-order valence-electron chi connectivity index (χ4n) is 5.21. The van der Waals surface area contributed by atoms with Crippen LogP contribution < -0.4 is 9.47 Å². The number of carbonyl (C=O) groups excluding carboxylic acids is 2. The maximum atomic E-state index is 14.9. The molecule has 3 aromatic carbocycles. The molecule has 45 heavy (non-hydrogen) atoms. The first kappa shape index (κ1) is 35.8. The fourth-order valence-corrected chi connectivity index (χ4v) is 5.21. The largest absolute Gasteiger partial charge is 0.494 e. The van der Waals surface area contributed by atoms with Crippen molar-refractivity contribution in [2.75, 3.05) is 6.61 Å². The van der Waals surface area contributed by atoms with Gasteiger partial charge in [0.2, 0.25) is 0 Å². The molecular weight excluding hydrogens is 567 g/mol. The highest BCUT2D eigenvalue weighted by Gasteiger charge is 2.19. The van der Waals surface area contributed by atoms with Crippen molar-refractivity contribution >= 4 is 11.9 Å². The molecule has 0 amide bonds. The first-order valence-corrected chi connectivity index (χ1v) is 17.0. The predicted molar refractivity (Wildman–Crippen MR) is 180 cm³/mol. The minimum absolute atomic E-state index is 0.103. The maximum absolute atomic E-state index is 14.9. The average Bonchev–Trinajstić information content (AvgIpc) is 3.05. The highest BCUT2D eigenvalue weighted by molar-refractivity contribution is 5.92. The van der Waals surface area contributed by atoms with Crippen molar-refractivity contribution < 1.29 is 28.2 Å². The summed E-state index contributed by atoms with van der Waals surface area (Å²) in [5.41, 5.74) is 2.33. The van der Waals surface area contributed by atoms with Crippen LogP contribution in [0.1, 0.15) is 131 Å². The van der Waals surface area contributed by atoms with Gasteiger partial charge in [0.15, 0.2) is 11.6 Å². The molecule has 0 aliphatic rings. The van der Waals surface area contributed by atoms with E-state index in [0.29, 0.717) is 12.2 Å². The van der Waals surface area contributed by atoms with Crippen LogP contribution in [0, 0.1) is 5.82 Å². The van der Waals surface area contributed by atoms with Gasteiger partial charge in [0.05, 0.1) is 17.7 Å². The minimum Gasteiger partial charge on any atom is -0.494 e. The van der Waals surface area contributed by atoms with E-state index in [4.69, 9.17) is 14.2 Å². The first-order valence-electron chi connectivity index (χ1n) is 17.0. The zero-order valence-corrected chi connectivity index (χ0v) is 27.5. The second-order valence-electron chi connectivity index (χ2n) is 11.8. The number of benzene rings is 3. The summed E-state index contributed by atoms with van der Waals surface area (Å²) < 4.78 is 31.9. The molecule has 0 aliphatic heterocycles. The third kappa shape index (κ3) is 12.7. The molecule has 0 fully saturated rings. The molecule has 0 atom stereocenters. The van der Waals surface area contributed by atoms with E-state index in [1.165, 1.54) is 44.2 Å². The molecule has 0 spiro atoms. The Bertz CT molecular complexity index is 1280. The summed E-state index contributed by atoms with van der Waals surface area (Å²) in [6.07, 6.45) is 15.1.